The number of carbonyl (C=O) groups is 1. The van der Waals surface area contributed by atoms with Crippen LogP contribution in [0.2, 0.25) is 0 Å². The molecule has 0 bridgehead atoms. The number of nitrogens with one attached hydrogen (secondary N) is 1. The van der Waals surface area contributed by atoms with Crippen LogP contribution in [0.25, 0.3) is 11.5 Å². The largest absolute Gasteiger partial charge is 0.493 e. The fraction of sp³-hybridized carbons (Fsp3) is 0.550. The summed E-state index contributed by atoms with van der Waals surface area (Å²) in [6, 6.07) is 3.83. The first-order valence-electron chi connectivity index (χ1n) is 9.70. The molecule has 9 heteroatoms. The second-order valence-electron chi connectivity index (χ2n) is 6.79. The summed E-state index contributed by atoms with van der Waals surface area (Å²) in [7, 11) is 4.65. The quantitative estimate of drug-likeness (QED) is 0.613. The van der Waals surface area contributed by atoms with E-state index >= 15 is 0 Å². The Hall–Kier alpha value is -2.42. The van der Waals surface area contributed by atoms with E-state index in [9.17, 15) is 4.79 Å². The smallest absolute Gasteiger partial charge is 0.276 e. The van der Waals surface area contributed by atoms with E-state index in [-0.39, 0.29) is 5.91 Å². The van der Waals surface area contributed by atoms with Gasteiger partial charge in [-0.15, -0.1) is 10.2 Å². The summed E-state index contributed by atoms with van der Waals surface area (Å²) in [6.07, 6.45) is 6.26. The summed E-state index contributed by atoms with van der Waals surface area (Å²) in [5.74, 6) is 2.52. The number of carbonyl (C=O) groups excluding carboxylic acids is 1. The second-order valence-corrected chi connectivity index (χ2v) is 7.83. The van der Waals surface area contributed by atoms with E-state index in [0.717, 1.165) is 12.8 Å². The molecule has 0 saturated heterocycles. The molecule has 3 rings (SSSR count). The highest BCUT2D eigenvalue weighted by molar-refractivity contribution is 7.99. The maximum Gasteiger partial charge on any atom is 0.276 e. The normalized spacial score (nSPS) is 14.4. The molecule has 0 atom stereocenters. The molecular formula is C20H27N3O5S. The van der Waals surface area contributed by atoms with Crippen molar-refractivity contribution in [3.63, 3.8) is 0 Å². The second kappa shape index (κ2) is 10.4. The van der Waals surface area contributed by atoms with Gasteiger partial charge in [0.15, 0.2) is 11.5 Å². The standard InChI is InChI=1S/C20H27N3O5S/c1-25-15-11-13(12-16(26-2)18(15)27-3)19-22-23-20(28-19)29-10-9-17(24)21-14-7-5-4-6-8-14/h11-12,14H,4-10H2,1-3H3,(H,21,24). The molecule has 1 N–H and O–H groups in total. The van der Waals surface area contributed by atoms with Gasteiger partial charge in [-0.25, -0.2) is 0 Å². The van der Waals surface area contributed by atoms with Gasteiger partial charge in [0.2, 0.25) is 17.5 Å². The fourth-order valence-corrected chi connectivity index (χ4v) is 4.07. The molecule has 1 fully saturated rings. The highest BCUT2D eigenvalue weighted by Crippen LogP contribution is 2.41. The van der Waals surface area contributed by atoms with E-state index in [1.54, 1.807) is 33.5 Å². The predicted octanol–water partition coefficient (Wildman–Crippen LogP) is 3.69. The van der Waals surface area contributed by atoms with Crippen LogP contribution >= 0.6 is 11.8 Å². The Kier molecular flexibility index (Phi) is 7.62. The Morgan fingerprint density at radius 2 is 1.79 bits per heavy atom. The number of hydrogen-bond acceptors (Lipinski definition) is 8. The van der Waals surface area contributed by atoms with Crippen LogP contribution in [0.3, 0.4) is 0 Å². The molecule has 0 aliphatic heterocycles. The summed E-state index contributed by atoms with van der Waals surface area (Å²) in [6.45, 7) is 0. The van der Waals surface area contributed by atoms with Crippen molar-refractivity contribution in [2.24, 2.45) is 0 Å². The van der Waals surface area contributed by atoms with Crippen molar-refractivity contribution in [2.45, 2.75) is 49.8 Å². The molecule has 8 nitrogen and oxygen atoms in total. The van der Waals surface area contributed by atoms with Gasteiger partial charge in [0.1, 0.15) is 0 Å². The number of aromatic nitrogens is 2. The minimum absolute atomic E-state index is 0.0776. The van der Waals surface area contributed by atoms with E-state index in [1.165, 1.54) is 31.0 Å². The SMILES string of the molecule is COc1cc(-c2nnc(SCCC(=O)NC3CCCCC3)o2)cc(OC)c1OC. The molecule has 0 radical (unpaired) electrons. The summed E-state index contributed by atoms with van der Waals surface area (Å²) < 4.78 is 21.8. The Morgan fingerprint density at radius 3 is 2.41 bits per heavy atom. The summed E-state index contributed by atoms with van der Waals surface area (Å²) in [5.41, 5.74) is 0.661. The molecule has 1 aromatic heterocycles. The molecule has 1 aromatic carbocycles. The molecule has 2 aromatic rings. The Morgan fingerprint density at radius 1 is 1.10 bits per heavy atom. The number of rotatable bonds is 9. The minimum Gasteiger partial charge on any atom is -0.493 e. The highest BCUT2D eigenvalue weighted by Gasteiger charge is 2.18. The molecule has 1 heterocycles. The van der Waals surface area contributed by atoms with Gasteiger partial charge in [0.25, 0.3) is 5.22 Å². The minimum atomic E-state index is 0.0776. The number of hydrogen-bond donors (Lipinski definition) is 1. The Balaban J connectivity index is 1.57. The maximum absolute atomic E-state index is 12.1. The van der Waals surface area contributed by atoms with Gasteiger partial charge < -0.3 is 23.9 Å². The first kappa shape index (κ1) is 21.3. The van der Waals surface area contributed by atoms with Gasteiger partial charge in [-0.3, -0.25) is 4.79 Å². The van der Waals surface area contributed by atoms with Crippen LogP contribution in [0.1, 0.15) is 38.5 Å². The lowest BCUT2D eigenvalue weighted by Gasteiger charge is -2.22. The number of ether oxygens (including phenoxy) is 3. The van der Waals surface area contributed by atoms with Crippen molar-refractivity contribution in [3.05, 3.63) is 12.1 Å². The van der Waals surface area contributed by atoms with Gasteiger partial charge in [0, 0.05) is 23.8 Å². The first-order valence-corrected chi connectivity index (χ1v) is 10.7. The van der Waals surface area contributed by atoms with Crippen LogP contribution in [0.5, 0.6) is 17.2 Å². The van der Waals surface area contributed by atoms with Gasteiger partial charge in [-0.05, 0) is 25.0 Å². The van der Waals surface area contributed by atoms with E-state index < -0.39 is 0 Å². The third-order valence-corrected chi connectivity index (χ3v) is 5.66. The van der Waals surface area contributed by atoms with E-state index in [0.29, 0.717) is 52.1 Å². The lowest BCUT2D eigenvalue weighted by atomic mass is 9.95. The number of thioether (sulfide) groups is 1. The number of nitrogens with zero attached hydrogens (tertiary/aromatic N) is 2. The van der Waals surface area contributed by atoms with Crippen LogP contribution < -0.4 is 19.5 Å². The summed E-state index contributed by atoms with van der Waals surface area (Å²) in [4.78, 5) is 12.1. The molecule has 0 unspecified atom stereocenters. The molecule has 0 spiro atoms. The fourth-order valence-electron chi connectivity index (χ4n) is 3.37. The Labute approximate surface area is 174 Å². The summed E-state index contributed by atoms with van der Waals surface area (Å²) in [5, 5.41) is 11.7. The van der Waals surface area contributed by atoms with Crippen molar-refractivity contribution in [1.82, 2.24) is 15.5 Å². The van der Waals surface area contributed by atoms with E-state index in [2.05, 4.69) is 15.5 Å². The van der Waals surface area contributed by atoms with Crippen molar-refractivity contribution >= 4 is 17.7 Å². The molecule has 1 amide bonds. The Bertz CT molecular complexity index is 795. The maximum atomic E-state index is 12.1. The van der Waals surface area contributed by atoms with Crippen LogP contribution in [0.15, 0.2) is 21.8 Å². The third-order valence-electron chi connectivity index (χ3n) is 4.84. The number of amides is 1. The monoisotopic (exact) mass is 421 g/mol. The van der Waals surface area contributed by atoms with Gasteiger partial charge in [-0.1, -0.05) is 31.0 Å². The molecule has 1 aliphatic carbocycles. The van der Waals surface area contributed by atoms with Crippen LogP contribution in [0, 0.1) is 0 Å². The van der Waals surface area contributed by atoms with Crippen molar-refractivity contribution in [3.8, 4) is 28.7 Å². The topological polar surface area (TPSA) is 95.7 Å². The van der Waals surface area contributed by atoms with Gasteiger partial charge in [-0.2, -0.15) is 0 Å². The summed E-state index contributed by atoms with van der Waals surface area (Å²) >= 11 is 1.37. The van der Waals surface area contributed by atoms with Crippen molar-refractivity contribution in [2.75, 3.05) is 27.1 Å². The molecular weight excluding hydrogens is 394 g/mol. The van der Waals surface area contributed by atoms with Crippen LogP contribution in [-0.2, 0) is 4.79 Å². The number of methoxy groups -OCH3 is 3. The van der Waals surface area contributed by atoms with Crippen LogP contribution in [0.4, 0.5) is 0 Å². The highest BCUT2D eigenvalue weighted by atomic mass is 32.2. The van der Waals surface area contributed by atoms with Crippen LogP contribution in [-0.4, -0.2) is 49.2 Å². The molecule has 158 valence electrons. The predicted molar refractivity (Wildman–Crippen MR) is 110 cm³/mol. The zero-order valence-electron chi connectivity index (χ0n) is 17.0. The average molecular weight is 422 g/mol. The van der Waals surface area contributed by atoms with E-state index in [4.69, 9.17) is 18.6 Å². The van der Waals surface area contributed by atoms with Gasteiger partial charge >= 0.3 is 0 Å². The zero-order valence-corrected chi connectivity index (χ0v) is 17.8. The number of benzene rings is 1. The van der Waals surface area contributed by atoms with Crippen molar-refractivity contribution in [1.29, 1.82) is 0 Å². The van der Waals surface area contributed by atoms with Gasteiger partial charge in [0.05, 0.1) is 21.3 Å². The lowest BCUT2D eigenvalue weighted by molar-refractivity contribution is -0.121. The molecule has 1 saturated carbocycles. The first-order chi connectivity index (χ1) is 14.1. The molecule has 29 heavy (non-hydrogen) atoms. The molecule has 1 aliphatic rings. The third kappa shape index (κ3) is 5.56. The lowest BCUT2D eigenvalue weighted by Crippen LogP contribution is -2.36. The zero-order chi connectivity index (χ0) is 20.6. The van der Waals surface area contributed by atoms with Crippen molar-refractivity contribution < 1.29 is 23.4 Å². The average Bonchev–Trinajstić information content (AvgIpc) is 3.22. The van der Waals surface area contributed by atoms with E-state index in [1.807, 2.05) is 0 Å².